The van der Waals surface area contributed by atoms with Gasteiger partial charge in [0, 0.05) is 36.0 Å². The molecule has 33 heavy (non-hydrogen) atoms. The Morgan fingerprint density at radius 1 is 1.09 bits per heavy atom. The van der Waals surface area contributed by atoms with E-state index in [2.05, 4.69) is 52.0 Å². The Labute approximate surface area is 197 Å². The zero-order chi connectivity index (χ0) is 22.8. The van der Waals surface area contributed by atoms with Gasteiger partial charge >= 0.3 is 0 Å². The Kier molecular flexibility index (Phi) is 4.83. The molecule has 0 saturated heterocycles. The second-order valence-electron chi connectivity index (χ2n) is 11.5. The third-order valence-corrected chi connectivity index (χ3v) is 10.2. The quantitative estimate of drug-likeness (QED) is 0.672. The fourth-order valence-corrected chi connectivity index (χ4v) is 8.47. The fourth-order valence-electron chi connectivity index (χ4n) is 8.47. The topological polar surface area (TPSA) is 59.8 Å². The molecule has 3 heterocycles. The van der Waals surface area contributed by atoms with Gasteiger partial charge in [-0.1, -0.05) is 26.0 Å². The molecule has 3 aliphatic carbocycles. The van der Waals surface area contributed by atoms with Gasteiger partial charge in [-0.3, -0.25) is 9.78 Å². The van der Waals surface area contributed by atoms with Gasteiger partial charge in [0.25, 0.3) is 0 Å². The minimum absolute atomic E-state index is 0.0520. The molecule has 5 nitrogen and oxygen atoms in total. The van der Waals surface area contributed by atoms with E-state index in [1.165, 1.54) is 25.7 Å². The van der Waals surface area contributed by atoms with Gasteiger partial charge in [-0.15, -0.1) is 0 Å². The summed E-state index contributed by atoms with van der Waals surface area (Å²) in [6.45, 7) is 6.97. The smallest absolute Gasteiger partial charge is 0.224 e. The average Bonchev–Trinajstić information content (AvgIpc) is 3.43. The Hall–Kier alpha value is -2.43. The summed E-state index contributed by atoms with van der Waals surface area (Å²) in [6.07, 6.45) is 17.7. The van der Waals surface area contributed by atoms with Crippen molar-refractivity contribution in [1.82, 2.24) is 19.9 Å². The van der Waals surface area contributed by atoms with Crippen LogP contribution in [0.15, 0.2) is 42.9 Å². The lowest BCUT2D eigenvalue weighted by atomic mass is 9.48. The van der Waals surface area contributed by atoms with Crippen LogP contribution in [-0.4, -0.2) is 20.4 Å². The van der Waals surface area contributed by atoms with Gasteiger partial charge in [-0.2, -0.15) is 0 Å². The summed E-state index contributed by atoms with van der Waals surface area (Å²) in [5.74, 6) is 3.50. The summed E-state index contributed by atoms with van der Waals surface area (Å²) in [4.78, 5) is 22.5. The van der Waals surface area contributed by atoms with Crippen LogP contribution in [0.2, 0.25) is 0 Å². The highest BCUT2D eigenvalue weighted by atomic mass is 16.2. The van der Waals surface area contributed by atoms with Crippen molar-refractivity contribution < 1.29 is 4.79 Å². The summed E-state index contributed by atoms with van der Waals surface area (Å²) in [5, 5.41) is 3.31. The van der Waals surface area contributed by atoms with Crippen LogP contribution in [-0.2, 0) is 4.79 Å². The highest BCUT2D eigenvalue weighted by Gasteiger charge is 2.61. The number of aromatic nitrogens is 3. The van der Waals surface area contributed by atoms with Gasteiger partial charge in [0.05, 0.1) is 11.7 Å². The van der Waals surface area contributed by atoms with Crippen LogP contribution in [0, 0.1) is 34.5 Å². The number of nitrogens with one attached hydrogen (secondary N) is 1. The van der Waals surface area contributed by atoms with E-state index in [0.29, 0.717) is 23.8 Å². The second-order valence-corrected chi connectivity index (χ2v) is 11.5. The summed E-state index contributed by atoms with van der Waals surface area (Å²) >= 11 is 0. The normalized spacial score (nSPS) is 39.7. The summed E-state index contributed by atoms with van der Waals surface area (Å²) in [7, 11) is 0. The van der Waals surface area contributed by atoms with E-state index in [1.807, 2.05) is 31.3 Å². The van der Waals surface area contributed by atoms with E-state index in [9.17, 15) is 4.79 Å². The summed E-state index contributed by atoms with van der Waals surface area (Å²) < 4.78 is 2.42. The number of hydrogen-bond acceptors (Lipinski definition) is 3. The Bertz CT molecular complexity index is 1080. The molecule has 2 aromatic rings. The van der Waals surface area contributed by atoms with Crippen molar-refractivity contribution in [3.63, 3.8) is 0 Å². The molecule has 1 amide bonds. The molecular formula is C28H36N4O. The van der Waals surface area contributed by atoms with Gasteiger partial charge in [0.2, 0.25) is 5.91 Å². The van der Waals surface area contributed by atoms with Crippen molar-refractivity contribution in [2.45, 2.75) is 71.4 Å². The third kappa shape index (κ3) is 3.07. The van der Waals surface area contributed by atoms with Crippen molar-refractivity contribution >= 4 is 12.0 Å². The maximum absolute atomic E-state index is 13.5. The molecule has 6 rings (SSSR count). The SMILES string of the molecule is CC(NC(=O)[C@H]1CC[C@H]2[C@@H]3CCC4n5ccnc5C=C[C@]4(C)[C@H]3CC[C@]12C)c1ccccn1. The molecule has 4 aliphatic rings. The van der Waals surface area contributed by atoms with Crippen LogP contribution >= 0.6 is 0 Å². The molecule has 8 atom stereocenters. The number of rotatable bonds is 3. The summed E-state index contributed by atoms with van der Waals surface area (Å²) in [5.41, 5.74) is 1.23. The van der Waals surface area contributed by atoms with Crippen LogP contribution in [0.4, 0.5) is 0 Å². The standard InChI is InChI=1S/C28H36N4O/c1-18(23-6-4-5-15-29-23)31-26(33)22-9-8-20-19-7-10-24-28(3,21(19)11-13-27(20,22)2)14-12-25-30-16-17-32(24)25/h4-6,12,14-22,24H,7-11,13H2,1-3H3,(H,31,33)/t18?,19-,20-,21-,22+,24?,27-,28+/m0/s1. The average molecular weight is 445 g/mol. The zero-order valence-corrected chi connectivity index (χ0v) is 20.1. The van der Waals surface area contributed by atoms with Gasteiger partial charge in [0.15, 0.2) is 0 Å². The van der Waals surface area contributed by atoms with Gasteiger partial charge < -0.3 is 9.88 Å². The molecule has 0 bridgehead atoms. The molecule has 3 saturated carbocycles. The van der Waals surface area contributed by atoms with Crippen molar-refractivity contribution in [2.75, 3.05) is 0 Å². The number of hydrogen-bond donors (Lipinski definition) is 1. The molecule has 2 aromatic heterocycles. The molecule has 2 unspecified atom stereocenters. The minimum Gasteiger partial charge on any atom is -0.348 e. The van der Waals surface area contributed by atoms with Crippen molar-refractivity contribution in [3.8, 4) is 0 Å². The number of carbonyl (C=O) groups is 1. The lowest BCUT2D eigenvalue weighted by Crippen LogP contribution is -2.53. The van der Waals surface area contributed by atoms with Crippen LogP contribution in [0.1, 0.15) is 82.9 Å². The number of pyridine rings is 1. The monoisotopic (exact) mass is 444 g/mol. The van der Waals surface area contributed by atoms with E-state index in [4.69, 9.17) is 0 Å². The summed E-state index contributed by atoms with van der Waals surface area (Å²) in [6, 6.07) is 6.37. The first kappa shape index (κ1) is 21.1. The Balaban J connectivity index is 1.22. The predicted molar refractivity (Wildman–Crippen MR) is 129 cm³/mol. The van der Waals surface area contributed by atoms with Crippen molar-refractivity contribution in [3.05, 3.63) is 54.4 Å². The maximum Gasteiger partial charge on any atom is 0.224 e. The second kappa shape index (κ2) is 7.54. The maximum atomic E-state index is 13.5. The van der Waals surface area contributed by atoms with E-state index in [-0.39, 0.29) is 28.7 Å². The molecule has 3 fully saturated rings. The van der Waals surface area contributed by atoms with Crippen LogP contribution in [0.3, 0.4) is 0 Å². The largest absolute Gasteiger partial charge is 0.348 e. The number of nitrogens with zero attached hydrogens (tertiary/aromatic N) is 3. The number of fused-ring (bicyclic) bond motifs is 7. The van der Waals surface area contributed by atoms with Crippen LogP contribution in [0.25, 0.3) is 6.08 Å². The van der Waals surface area contributed by atoms with E-state index in [0.717, 1.165) is 24.4 Å². The zero-order valence-electron chi connectivity index (χ0n) is 20.1. The Morgan fingerprint density at radius 3 is 2.79 bits per heavy atom. The first-order chi connectivity index (χ1) is 15.9. The molecular weight excluding hydrogens is 408 g/mol. The molecule has 174 valence electrons. The molecule has 0 aromatic carbocycles. The fraction of sp³-hybridized carbons (Fsp3) is 0.607. The molecule has 0 spiro atoms. The highest BCUT2D eigenvalue weighted by Crippen LogP contribution is 2.67. The predicted octanol–water partition coefficient (Wildman–Crippen LogP) is 5.58. The van der Waals surface area contributed by atoms with E-state index in [1.54, 1.807) is 6.20 Å². The number of imidazole rings is 1. The van der Waals surface area contributed by atoms with Gasteiger partial charge in [-0.25, -0.2) is 4.98 Å². The number of carbonyl (C=O) groups excluding carboxylic acids is 1. The van der Waals surface area contributed by atoms with E-state index >= 15 is 0 Å². The first-order valence-corrected chi connectivity index (χ1v) is 12.8. The van der Waals surface area contributed by atoms with Crippen LogP contribution < -0.4 is 5.32 Å². The number of allylic oxidation sites excluding steroid dienone is 1. The third-order valence-electron chi connectivity index (χ3n) is 10.2. The lowest BCUT2D eigenvalue weighted by molar-refractivity contribution is -0.133. The first-order valence-electron chi connectivity index (χ1n) is 12.8. The lowest BCUT2D eigenvalue weighted by Gasteiger charge is -2.59. The Morgan fingerprint density at radius 2 is 1.97 bits per heavy atom. The van der Waals surface area contributed by atoms with Crippen molar-refractivity contribution in [1.29, 1.82) is 0 Å². The van der Waals surface area contributed by atoms with Gasteiger partial charge in [0.1, 0.15) is 5.82 Å². The van der Waals surface area contributed by atoms with Crippen molar-refractivity contribution in [2.24, 2.45) is 34.5 Å². The van der Waals surface area contributed by atoms with Gasteiger partial charge in [-0.05, 0) is 86.8 Å². The van der Waals surface area contributed by atoms with Crippen LogP contribution in [0.5, 0.6) is 0 Å². The number of amides is 1. The molecule has 1 aliphatic heterocycles. The highest BCUT2D eigenvalue weighted by molar-refractivity contribution is 5.80. The molecule has 5 heteroatoms. The molecule has 1 N–H and O–H groups in total. The van der Waals surface area contributed by atoms with E-state index < -0.39 is 0 Å². The molecule has 0 radical (unpaired) electrons. The minimum atomic E-state index is -0.0520.